The monoisotopic (exact) mass is 651 g/mol. The lowest BCUT2D eigenvalue weighted by atomic mass is 9.92. The fourth-order valence-electron chi connectivity index (χ4n) is 4.54. The maximum atomic E-state index is 5.06. The van der Waals surface area contributed by atoms with Gasteiger partial charge in [0.15, 0.2) is 17.5 Å². The second-order valence-electron chi connectivity index (χ2n) is 19.2. The van der Waals surface area contributed by atoms with E-state index in [-0.39, 0.29) is 32.5 Å². The van der Waals surface area contributed by atoms with Crippen molar-refractivity contribution >= 4 is 0 Å². The molecule has 3 heterocycles. The van der Waals surface area contributed by atoms with E-state index >= 15 is 0 Å². The molecule has 0 spiro atoms. The molecule has 1 aromatic carbocycles. The average molecular weight is 652 g/mol. The summed E-state index contributed by atoms with van der Waals surface area (Å²) in [7, 11) is 0. The fourth-order valence-corrected chi connectivity index (χ4v) is 4.54. The van der Waals surface area contributed by atoms with Crippen LogP contribution in [-0.2, 0) is 32.5 Å². The third-order valence-electron chi connectivity index (χ3n) is 7.64. The van der Waals surface area contributed by atoms with E-state index in [1.807, 2.05) is 0 Å². The van der Waals surface area contributed by atoms with Crippen LogP contribution < -0.4 is 0 Å². The minimum Gasteiger partial charge on any atom is -0.217 e. The second-order valence-corrected chi connectivity index (χ2v) is 19.2. The van der Waals surface area contributed by atoms with Gasteiger partial charge in [0.2, 0.25) is 0 Å². The third kappa shape index (κ3) is 8.45. The maximum Gasteiger partial charge on any atom is 0.163 e. The molecule has 0 bridgehead atoms. The number of hydrogen-bond donors (Lipinski definition) is 0. The summed E-state index contributed by atoms with van der Waals surface area (Å²) in [5, 5.41) is 0. The van der Waals surface area contributed by atoms with Crippen molar-refractivity contribution in [3.63, 3.8) is 0 Å². The van der Waals surface area contributed by atoms with Gasteiger partial charge in [-0.2, -0.15) is 0 Å². The van der Waals surface area contributed by atoms with Gasteiger partial charge in [0.05, 0.1) is 0 Å². The topological polar surface area (TPSA) is 116 Å². The van der Waals surface area contributed by atoms with E-state index in [0.717, 1.165) is 51.6 Å². The maximum absolute atomic E-state index is 5.06. The number of benzene rings is 1. The molecule has 0 N–H and O–H groups in total. The highest BCUT2D eigenvalue weighted by Gasteiger charge is 2.29. The molecule has 0 aliphatic heterocycles. The Bertz CT molecular complexity index is 1490. The van der Waals surface area contributed by atoms with Crippen LogP contribution in [0.15, 0.2) is 18.2 Å². The Labute approximate surface area is 288 Å². The molecular formula is C39H57N9. The molecule has 4 aromatic rings. The summed E-state index contributed by atoms with van der Waals surface area (Å²) in [6.07, 6.45) is 0. The minimum absolute atomic E-state index is 0.285. The van der Waals surface area contributed by atoms with Crippen molar-refractivity contribution in [2.75, 3.05) is 0 Å². The van der Waals surface area contributed by atoms with Crippen LogP contribution in [-0.4, -0.2) is 44.9 Å². The predicted molar refractivity (Wildman–Crippen MR) is 195 cm³/mol. The van der Waals surface area contributed by atoms with Crippen LogP contribution in [0.4, 0.5) is 0 Å². The molecule has 3 aromatic heterocycles. The Morgan fingerprint density at radius 1 is 0.250 bits per heavy atom. The van der Waals surface area contributed by atoms with Crippen LogP contribution in [0.25, 0.3) is 34.2 Å². The summed E-state index contributed by atoms with van der Waals surface area (Å²) >= 11 is 0. The van der Waals surface area contributed by atoms with Crippen LogP contribution in [0.5, 0.6) is 0 Å². The Hall–Kier alpha value is -3.75. The first kappa shape index (κ1) is 37.1. The van der Waals surface area contributed by atoms with Crippen molar-refractivity contribution in [1.82, 2.24) is 44.9 Å². The zero-order chi connectivity index (χ0) is 36.4. The molecular weight excluding hydrogens is 594 g/mol. The number of rotatable bonds is 3. The predicted octanol–water partition coefficient (Wildman–Crippen LogP) is 9.03. The summed E-state index contributed by atoms with van der Waals surface area (Å²) in [4.78, 5) is 45.1. The minimum atomic E-state index is -0.285. The quantitative estimate of drug-likeness (QED) is 0.214. The van der Waals surface area contributed by atoms with E-state index < -0.39 is 0 Å². The fraction of sp³-hybridized carbons (Fsp3) is 0.615. The Balaban J connectivity index is 2.16. The Kier molecular flexibility index (Phi) is 9.26. The molecule has 9 nitrogen and oxygen atoms in total. The molecule has 0 atom stereocenters. The molecule has 9 heteroatoms. The van der Waals surface area contributed by atoms with Gasteiger partial charge in [0.1, 0.15) is 34.9 Å². The van der Waals surface area contributed by atoms with E-state index in [2.05, 4.69) is 143 Å². The standard InChI is InChI=1S/C39H57N9/c1-34(2,3)28-40-25(41-29(46-28)35(4,5)6)22-19-23(26-42-30(36(7,8)9)47-31(43-26)37(10,11)12)21-24(20-22)27-44-32(38(13,14)15)48-33(45-27)39(16,17)18/h19-21H,1-18H3. The first-order valence-electron chi connectivity index (χ1n) is 17.0. The van der Waals surface area contributed by atoms with Gasteiger partial charge in [-0.15, -0.1) is 0 Å². The van der Waals surface area contributed by atoms with Gasteiger partial charge in [-0.05, 0) is 18.2 Å². The molecule has 0 unspecified atom stereocenters. The van der Waals surface area contributed by atoms with Gasteiger partial charge >= 0.3 is 0 Å². The molecule has 0 aliphatic carbocycles. The number of nitrogens with zero attached hydrogens (tertiary/aromatic N) is 9. The van der Waals surface area contributed by atoms with Gasteiger partial charge < -0.3 is 0 Å². The highest BCUT2D eigenvalue weighted by molar-refractivity contribution is 5.75. The lowest BCUT2D eigenvalue weighted by Crippen LogP contribution is -2.24. The van der Waals surface area contributed by atoms with E-state index in [0.29, 0.717) is 17.5 Å². The number of hydrogen-bond acceptors (Lipinski definition) is 9. The molecule has 4 rings (SSSR count). The van der Waals surface area contributed by atoms with Crippen LogP contribution in [0.1, 0.15) is 160 Å². The SMILES string of the molecule is CC(C)(C)c1nc(-c2cc(-c3nc(C(C)(C)C)nc(C(C)(C)C)n3)cc(-c3nc(C(C)(C)C)nc(C(C)(C)C)n3)c2)nc(C(C)(C)C)n1. The van der Waals surface area contributed by atoms with Crippen LogP contribution >= 0.6 is 0 Å². The van der Waals surface area contributed by atoms with Gasteiger partial charge in [0, 0.05) is 49.2 Å². The van der Waals surface area contributed by atoms with Crippen molar-refractivity contribution in [3.8, 4) is 34.2 Å². The Morgan fingerprint density at radius 3 is 0.521 bits per heavy atom. The molecule has 0 saturated heterocycles. The van der Waals surface area contributed by atoms with Crippen LogP contribution in [0, 0.1) is 0 Å². The second kappa shape index (κ2) is 12.0. The van der Waals surface area contributed by atoms with E-state index in [1.165, 1.54) is 0 Å². The molecule has 0 radical (unpaired) electrons. The van der Waals surface area contributed by atoms with Crippen molar-refractivity contribution < 1.29 is 0 Å². The van der Waals surface area contributed by atoms with E-state index in [4.69, 9.17) is 44.9 Å². The van der Waals surface area contributed by atoms with Gasteiger partial charge in [-0.3, -0.25) is 0 Å². The summed E-state index contributed by atoms with van der Waals surface area (Å²) in [6, 6.07) is 6.22. The molecule has 0 fully saturated rings. The molecule has 0 amide bonds. The lowest BCUT2D eigenvalue weighted by Gasteiger charge is -2.24. The Morgan fingerprint density at radius 2 is 0.396 bits per heavy atom. The highest BCUT2D eigenvalue weighted by atomic mass is 15.1. The van der Waals surface area contributed by atoms with Crippen molar-refractivity contribution in [3.05, 3.63) is 53.1 Å². The molecule has 0 aliphatic rings. The number of aromatic nitrogens is 9. The summed E-state index contributed by atoms with van der Waals surface area (Å²) in [6.45, 7) is 38.3. The van der Waals surface area contributed by atoms with E-state index in [9.17, 15) is 0 Å². The normalized spacial score (nSPS) is 13.6. The summed E-state index contributed by atoms with van der Waals surface area (Å²) in [5.41, 5.74) is 0.725. The first-order valence-corrected chi connectivity index (χ1v) is 17.0. The zero-order valence-corrected chi connectivity index (χ0v) is 32.8. The first-order chi connectivity index (χ1) is 21.5. The zero-order valence-electron chi connectivity index (χ0n) is 32.8. The van der Waals surface area contributed by atoms with Gasteiger partial charge in [-0.25, -0.2) is 44.9 Å². The molecule has 48 heavy (non-hydrogen) atoms. The highest BCUT2D eigenvalue weighted by Crippen LogP contribution is 2.35. The summed E-state index contributed by atoms with van der Waals surface area (Å²) in [5.74, 6) is 6.18. The lowest BCUT2D eigenvalue weighted by molar-refractivity contribution is 0.497. The van der Waals surface area contributed by atoms with Crippen molar-refractivity contribution in [1.29, 1.82) is 0 Å². The summed E-state index contributed by atoms with van der Waals surface area (Å²) < 4.78 is 0. The van der Waals surface area contributed by atoms with Crippen LogP contribution in [0.2, 0.25) is 0 Å². The van der Waals surface area contributed by atoms with Crippen LogP contribution in [0.3, 0.4) is 0 Å². The average Bonchev–Trinajstić information content (AvgIpc) is 2.93. The molecule has 0 saturated carbocycles. The van der Waals surface area contributed by atoms with Gasteiger partial charge in [0.25, 0.3) is 0 Å². The molecule has 258 valence electrons. The smallest absolute Gasteiger partial charge is 0.163 e. The third-order valence-corrected chi connectivity index (χ3v) is 7.64. The largest absolute Gasteiger partial charge is 0.217 e. The van der Waals surface area contributed by atoms with Crippen molar-refractivity contribution in [2.45, 2.75) is 157 Å². The van der Waals surface area contributed by atoms with Crippen molar-refractivity contribution in [2.24, 2.45) is 0 Å². The van der Waals surface area contributed by atoms with E-state index in [1.54, 1.807) is 0 Å². The van der Waals surface area contributed by atoms with Gasteiger partial charge in [-0.1, -0.05) is 125 Å².